The van der Waals surface area contributed by atoms with Crippen molar-refractivity contribution in [3.63, 3.8) is 0 Å². The zero-order chi connectivity index (χ0) is 15.6. The number of aromatic nitrogens is 2. The standard InChI is InChI=1S/C17H27N3O/c1-12(21-11-17(3,4)10-20(5)6)14-7-8-15-16(9-14)19-13(2)18-15/h7-9,12H,10-11H2,1-6H3,(H,18,19). The second-order valence-corrected chi connectivity index (χ2v) is 6.95. The largest absolute Gasteiger partial charge is 0.373 e. The summed E-state index contributed by atoms with van der Waals surface area (Å²) >= 11 is 0. The van der Waals surface area contributed by atoms with Crippen molar-refractivity contribution in [2.75, 3.05) is 27.2 Å². The maximum absolute atomic E-state index is 6.08. The van der Waals surface area contributed by atoms with Crippen LogP contribution < -0.4 is 0 Å². The topological polar surface area (TPSA) is 41.1 Å². The molecule has 1 heterocycles. The summed E-state index contributed by atoms with van der Waals surface area (Å²) in [6, 6.07) is 6.31. The number of hydrogen-bond donors (Lipinski definition) is 1. The van der Waals surface area contributed by atoms with Gasteiger partial charge in [-0.2, -0.15) is 0 Å². The fraction of sp³-hybridized carbons (Fsp3) is 0.588. The number of nitrogens with one attached hydrogen (secondary N) is 1. The van der Waals surface area contributed by atoms with Gasteiger partial charge in [-0.3, -0.25) is 0 Å². The lowest BCUT2D eigenvalue weighted by Crippen LogP contribution is -2.32. The first kappa shape index (κ1) is 16.0. The molecule has 0 aliphatic rings. The Balaban J connectivity index is 2.03. The van der Waals surface area contributed by atoms with E-state index in [0.717, 1.165) is 30.0 Å². The Bertz CT molecular complexity index is 601. The minimum Gasteiger partial charge on any atom is -0.373 e. The molecule has 1 atom stereocenters. The van der Waals surface area contributed by atoms with Crippen LogP contribution >= 0.6 is 0 Å². The van der Waals surface area contributed by atoms with E-state index < -0.39 is 0 Å². The predicted octanol–water partition coefficient (Wildman–Crippen LogP) is 3.54. The Labute approximate surface area is 127 Å². The van der Waals surface area contributed by atoms with Gasteiger partial charge in [-0.25, -0.2) is 4.98 Å². The van der Waals surface area contributed by atoms with Gasteiger partial charge >= 0.3 is 0 Å². The fourth-order valence-corrected chi connectivity index (χ4v) is 2.75. The highest BCUT2D eigenvalue weighted by Crippen LogP contribution is 2.25. The molecule has 0 radical (unpaired) electrons. The Morgan fingerprint density at radius 2 is 2.05 bits per heavy atom. The second-order valence-electron chi connectivity index (χ2n) is 6.95. The number of hydrogen-bond acceptors (Lipinski definition) is 3. The van der Waals surface area contributed by atoms with Crippen molar-refractivity contribution >= 4 is 11.0 Å². The number of aromatic amines is 1. The third kappa shape index (κ3) is 4.29. The number of rotatable bonds is 6. The van der Waals surface area contributed by atoms with Crippen LogP contribution in [-0.2, 0) is 4.74 Å². The lowest BCUT2D eigenvalue weighted by Gasteiger charge is -2.29. The molecule has 0 spiro atoms. The van der Waals surface area contributed by atoms with Crippen LogP contribution in [0.3, 0.4) is 0 Å². The van der Waals surface area contributed by atoms with E-state index in [1.54, 1.807) is 0 Å². The first-order valence-corrected chi connectivity index (χ1v) is 7.49. The zero-order valence-electron chi connectivity index (χ0n) is 14.0. The van der Waals surface area contributed by atoms with E-state index in [-0.39, 0.29) is 11.5 Å². The molecule has 4 heteroatoms. The molecule has 1 aromatic carbocycles. The monoisotopic (exact) mass is 289 g/mol. The molecule has 0 saturated carbocycles. The van der Waals surface area contributed by atoms with E-state index in [1.807, 2.05) is 6.92 Å². The van der Waals surface area contributed by atoms with Crippen molar-refractivity contribution in [3.8, 4) is 0 Å². The highest BCUT2D eigenvalue weighted by Gasteiger charge is 2.21. The summed E-state index contributed by atoms with van der Waals surface area (Å²) in [6.45, 7) is 10.3. The Morgan fingerprint density at radius 3 is 2.71 bits per heavy atom. The normalized spacial score (nSPS) is 14.0. The van der Waals surface area contributed by atoms with Crippen molar-refractivity contribution in [2.45, 2.75) is 33.8 Å². The van der Waals surface area contributed by atoms with E-state index in [9.17, 15) is 0 Å². The van der Waals surface area contributed by atoms with E-state index in [0.29, 0.717) is 0 Å². The van der Waals surface area contributed by atoms with Crippen LogP contribution in [-0.4, -0.2) is 42.1 Å². The van der Waals surface area contributed by atoms with Crippen LogP contribution in [0.1, 0.15) is 38.3 Å². The van der Waals surface area contributed by atoms with E-state index >= 15 is 0 Å². The average Bonchev–Trinajstić information content (AvgIpc) is 2.73. The molecule has 0 aliphatic carbocycles. The summed E-state index contributed by atoms with van der Waals surface area (Å²) in [4.78, 5) is 9.93. The molecule has 116 valence electrons. The Morgan fingerprint density at radius 1 is 1.33 bits per heavy atom. The first-order chi connectivity index (χ1) is 9.77. The van der Waals surface area contributed by atoms with Crippen molar-refractivity contribution in [3.05, 3.63) is 29.6 Å². The van der Waals surface area contributed by atoms with Gasteiger partial charge in [0.25, 0.3) is 0 Å². The molecule has 0 saturated heterocycles. The second kappa shape index (κ2) is 6.16. The van der Waals surface area contributed by atoms with Gasteiger partial charge in [0, 0.05) is 12.0 Å². The van der Waals surface area contributed by atoms with Gasteiger partial charge in [-0.15, -0.1) is 0 Å². The minimum absolute atomic E-state index is 0.0767. The maximum Gasteiger partial charge on any atom is 0.104 e. The molecule has 1 aromatic heterocycles. The van der Waals surface area contributed by atoms with E-state index in [1.165, 1.54) is 5.56 Å². The summed E-state index contributed by atoms with van der Waals surface area (Å²) in [5, 5.41) is 0. The van der Waals surface area contributed by atoms with Gasteiger partial charge < -0.3 is 14.6 Å². The third-order valence-corrected chi connectivity index (χ3v) is 3.56. The SMILES string of the molecule is Cc1nc2cc(C(C)OCC(C)(C)CN(C)C)ccc2[nH]1. The maximum atomic E-state index is 6.08. The highest BCUT2D eigenvalue weighted by atomic mass is 16.5. The number of H-pyrrole nitrogens is 1. The molecule has 2 rings (SSSR count). The Kier molecular flexibility index (Phi) is 4.69. The van der Waals surface area contributed by atoms with Crippen molar-refractivity contribution in [2.24, 2.45) is 5.41 Å². The van der Waals surface area contributed by atoms with Crippen molar-refractivity contribution in [1.29, 1.82) is 0 Å². The van der Waals surface area contributed by atoms with Gasteiger partial charge in [0.15, 0.2) is 0 Å². The lowest BCUT2D eigenvalue weighted by molar-refractivity contribution is 0.00242. The number of nitrogens with zero attached hydrogens (tertiary/aromatic N) is 2. The quantitative estimate of drug-likeness (QED) is 0.884. The van der Waals surface area contributed by atoms with Crippen molar-refractivity contribution < 1.29 is 4.74 Å². The van der Waals surface area contributed by atoms with Crippen LogP contribution in [0.25, 0.3) is 11.0 Å². The number of fused-ring (bicyclic) bond motifs is 1. The van der Waals surface area contributed by atoms with Gasteiger partial charge in [0.05, 0.1) is 23.7 Å². The lowest BCUT2D eigenvalue weighted by atomic mass is 9.94. The molecule has 0 bridgehead atoms. The average molecular weight is 289 g/mol. The molecule has 0 fully saturated rings. The third-order valence-electron chi connectivity index (χ3n) is 3.56. The number of ether oxygens (including phenoxy) is 1. The summed E-state index contributed by atoms with van der Waals surface area (Å²) in [6.07, 6.45) is 0.0767. The summed E-state index contributed by atoms with van der Waals surface area (Å²) < 4.78 is 6.08. The number of aryl methyl sites for hydroxylation is 1. The van der Waals surface area contributed by atoms with Gasteiger partial charge in [0.2, 0.25) is 0 Å². The number of benzene rings is 1. The van der Waals surface area contributed by atoms with E-state index in [4.69, 9.17) is 4.74 Å². The molecule has 0 amide bonds. The fourth-order valence-electron chi connectivity index (χ4n) is 2.75. The van der Waals surface area contributed by atoms with Crippen LogP contribution in [0.4, 0.5) is 0 Å². The predicted molar refractivity (Wildman–Crippen MR) is 87.5 cm³/mol. The molecule has 0 aliphatic heterocycles. The molecule has 21 heavy (non-hydrogen) atoms. The van der Waals surface area contributed by atoms with Crippen LogP contribution in [0.5, 0.6) is 0 Å². The molecule has 1 N–H and O–H groups in total. The first-order valence-electron chi connectivity index (χ1n) is 7.49. The Hall–Kier alpha value is -1.39. The number of imidazole rings is 1. The van der Waals surface area contributed by atoms with Crippen molar-refractivity contribution in [1.82, 2.24) is 14.9 Å². The van der Waals surface area contributed by atoms with Gasteiger partial charge in [-0.05, 0) is 45.6 Å². The smallest absolute Gasteiger partial charge is 0.104 e. The highest BCUT2D eigenvalue weighted by molar-refractivity contribution is 5.75. The molecular formula is C17H27N3O. The molecular weight excluding hydrogens is 262 g/mol. The minimum atomic E-state index is 0.0767. The van der Waals surface area contributed by atoms with Gasteiger partial charge in [-0.1, -0.05) is 19.9 Å². The summed E-state index contributed by atoms with van der Waals surface area (Å²) in [7, 11) is 4.19. The summed E-state index contributed by atoms with van der Waals surface area (Å²) in [5.41, 5.74) is 3.41. The zero-order valence-corrected chi connectivity index (χ0v) is 14.0. The summed E-state index contributed by atoms with van der Waals surface area (Å²) in [5.74, 6) is 0.947. The molecule has 4 nitrogen and oxygen atoms in total. The van der Waals surface area contributed by atoms with Crippen LogP contribution in [0.2, 0.25) is 0 Å². The van der Waals surface area contributed by atoms with Crippen LogP contribution in [0, 0.1) is 12.3 Å². The van der Waals surface area contributed by atoms with E-state index in [2.05, 4.69) is 67.9 Å². The van der Waals surface area contributed by atoms with Gasteiger partial charge in [0.1, 0.15) is 5.82 Å². The molecule has 2 aromatic rings. The molecule has 1 unspecified atom stereocenters. The van der Waals surface area contributed by atoms with Crippen LogP contribution in [0.15, 0.2) is 18.2 Å².